The van der Waals surface area contributed by atoms with Crippen molar-refractivity contribution in [1.82, 2.24) is 5.32 Å². The maximum Gasteiger partial charge on any atom is 0.387 e. The Hall–Kier alpha value is -2.64. The van der Waals surface area contributed by atoms with Crippen molar-refractivity contribution in [1.29, 1.82) is 0 Å². The van der Waals surface area contributed by atoms with Gasteiger partial charge in [-0.1, -0.05) is 12.1 Å². The minimum atomic E-state index is -3.04. The first kappa shape index (κ1) is 19.4. The summed E-state index contributed by atoms with van der Waals surface area (Å²) < 4.78 is 39.3. The molecule has 1 N–H and O–H groups in total. The fourth-order valence-corrected chi connectivity index (χ4v) is 1.78. The van der Waals surface area contributed by atoms with Gasteiger partial charge in [0.25, 0.3) is 5.91 Å². The first-order valence-electron chi connectivity index (χ1n) is 7.17. The van der Waals surface area contributed by atoms with Crippen molar-refractivity contribution in [2.75, 3.05) is 13.7 Å². The van der Waals surface area contributed by atoms with Crippen molar-refractivity contribution in [3.8, 4) is 11.5 Å². The van der Waals surface area contributed by atoms with Crippen LogP contribution < -0.4 is 14.8 Å². The number of hydrogen-bond acceptors (Lipinski definition) is 5. The maximum absolute atomic E-state index is 12.5. The highest BCUT2D eigenvalue weighted by Crippen LogP contribution is 2.33. The molecule has 0 heterocycles. The number of esters is 1. The summed E-state index contributed by atoms with van der Waals surface area (Å²) in [6.45, 7) is 0.528. The van der Waals surface area contributed by atoms with E-state index in [1.54, 1.807) is 13.0 Å². The van der Waals surface area contributed by atoms with Gasteiger partial charge >= 0.3 is 12.6 Å². The number of amides is 1. The van der Waals surface area contributed by atoms with Crippen molar-refractivity contribution in [3.05, 3.63) is 29.8 Å². The monoisotopic (exact) mass is 343 g/mol. The van der Waals surface area contributed by atoms with Crippen molar-refractivity contribution in [3.63, 3.8) is 0 Å². The molecule has 0 fully saturated rings. The first-order valence-corrected chi connectivity index (χ1v) is 7.17. The predicted molar refractivity (Wildman–Crippen MR) is 82.9 cm³/mol. The summed E-state index contributed by atoms with van der Waals surface area (Å²) >= 11 is 0. The number of rotatable bonds is 8. The number of carbonyl (C=O) groups is 2. The van der Waals surface area contributed by atoms with E-state index in [1.807, 2.05) is 0 Å². The average Bonchev–Trinajstić information content (AvgIpc) is 2.53. The zero-order valence-corrected chi connectivity index (χ0v) is 13.5. The summed E-state index contributed by atoms with van der Waals surface area (Å²) in [7, 11) is 1.31. The maximum atomic E-state index is 12.5. The third kappa shape index (κ3) is 5.86. The second-order valence-electron chi connectivity index (χ2n) is 4.56. The van der Waals surface area contributed by atoms with Gasteiger partial charge in [0.15, 0.2) is 17.6 Å². The number of alkyl halides is 2. The molecule has 1 aromatic rings. The Labute approximate surface area is 138 Å². The lowest BCUT2D eigenvalue weighted by Gasteiger charge is -2.13. The normalized spacial score (nSPS) is 12.1. The fraction of sp³-hybridized carbons (Fsp3) is 0.375. The van der Waals surface area contributed by atoms with Gasteiger partial charge in [0.2, 0.25) is 0 Å². The van der Waals surface area contributed by atoms with Gasteiger partial charge in [-0.3, -0.25) is 4.79 Å². The SMILES string of the molecule is CCNC(=O)[C@H](C)OC(=O)/C=C/c1cccc(OC)c1OC(F)F. The Kier molecular flexibility index (Phi) is 7.67. The van der Waals surface area contributed by atoms with E-state index in [0.717, 1.165) is 6.08 Å². The van der Waals surface area contributed by atoms with Crippen LogP contribution in [0.1, 0.15) is 19.4 Å². The number of para-hydroxylation sites is 1. The molecule has 0 aliphatic carbocycles. The van der Waals surface area contributed by atoms with Crippen molar-refractivity contribution < 1.29 is 32.6 Å². The summed E-state index contributed by atoms with van der Waals surface area (Å²) in [5.74, 6) is -1.32. The van der Waals surface area contributed by atoms with Crippen molar-refractivity contribution in [2.24, 2.45) is 0 Å². The van der Waals surface area contributed by atoms with Gasteiger partial charge in [0.05, 0.1) is 7.11 Å². The van der Waals surface area contributed by atoms with E-state index in [4.69, 9.17) is 9.47 Å². The van der Waals surface area contributed by atoms with Crippen LogP contribution >= 0.6 is 0 Å². The summed E-state index contributed by atoms with van der Waals surface area (Å²) in [6, 6.07) is 4.47. The molecule has 1 aromatic carbocycles. The molecule has 0 unspecified atom stereocenters. The molecule has 0 bridgehead atoms. The zero-order valence-electron chi connectivity index (χ0n) is 13.5. The predicted octanol–water partition coefficient (Wildman–Crippen LogP) is 2.38. The van der Waals surface area contributed by atoms with E-state index in [0.29, 0.717) is 6.54 Å². The van der Waals surface area contributed by atoms with E-state index in [1.165, 1.54) is 32.2 Å². The molecule has 0 saturated heterocycles. The average molecular weight is 343 g/mol. The summed E-state index contributed by atoms with van der Waals surface area (Å²) in [5.41, 5.74) is 0.206. The minimum Gasteiger partial charge on any atom is -0.493 e. The van der Waals surface area contributed by atoms with Crippen LogP contribution in [0.3, 0.4) is 0 Å². The lowest BCUT2D eigenvalue weighted by molar-refractivity contribution is -0.150. The molecule has 132 valence electrons. The van der Waals surface area contributed by atoms with Gasteiger partial charge in [0, 0.05) is 18.2 Å². The zero-order chi connectivity index (χ0) is 18.1. The fourth-order valence-electron chi connectivity index (χ4n) is 1.78. The molecule has 1 amide bonds. The molecule has 0 aliphatic rings. The minimum absolute atomic E-state index is 0.0986. The van der Waals surface area contributed by atoms with Crippen LogP contribution in [-0.2, 0) is 14.3 Å². The first-order chi connectivity index (χ1) is 11.4. The molecule has 1 rings (SSSR count). The number of halogens is 2. The third-order valence-electron chi connectivity index (χ3n) is 2.85. The molecule has 0 radical (unpaired) electrons. The molecule has 8 heteroatoms. The highest BCUT2D eigenvalue weighted by Gasteiger charge is 2.16. The van der Waals surface area contributed by atoms with Crippen molar-refractivity contribution >= 4 is 18.0 Å². The van der Waals surface area contributed by atoms with E-state index in [-0.39, 0.29) is 17.1 Å². The Balaban J connectivity index is 2.86. The number of nitrogens with one attached hydrogen (secondary N) is 1. The van der Waals surface area contributed by atoms with E-state index >= 15 is 0 Å². The summed E-state index contributed by atoms with van der Waals surface area (Å²) in [5, 5.41) is 2.51. The van der Waals surface area contributed by atoms with Gasteiger partial charge in [-0.05, 0) is 26.0 Å². The lowest BCUT2D eigenvalue weighted by atomic mass is 10.1. The Morgan fingerprint density at radius 1 is 1.33 bits per heavy atom. The number of benzene rings is 1. The standard InChI is InChI=1S/C16H19F2NO5/c1-4-19-15(21)10(2)23-13(20)9-8-11-6-5-7-12(22-3)14(11)24-16(17)18/h5-10,16H,4H2,1-3H3,(H,19,21)/b9-8+/t10-/m0/s1. The van der Waals surface area contributed by atoms with E-state index in [2.05, 4.69) is 10.1 Å². The van der Waals surface area contributed by atoms with Gasteiger partial charge in [0.1, 0.15) is 0 Å². The second-order valence-corrected chi connectivity index (χ2v) is 4.56. The number of methoxy groups -OCH3 is 1. The smallest absolute Gasteiger partial charge is 0.387 e. The highest BCUT2D eigenvalue weighted by molar-refractivity contribution is 5.90. The van der Waals surface area contributed by atoms with Crippen LogP contribution in [0, 0.1) is 0 Å². The highest BCUT2D eigenvalue weighted by atomic mass is 19.3. The van der Waals surface area contributed by atoms with Gasteiger partial charge in [-0.2, -0.15) is 8.78 Å². The Morgan fingerprint density at radius 3 is 2.62 bits per heavy atom. The number of hydrogen-bond donors (Lipinski definition) is 1. The van der Waals surface area contributed by atoms with E-state index in [9.17, 15) is 18.4 Å². The molecule has 0 saturated carbocycles. The molecule has 0 spiro atoms. The summed E-state index contributed by atoms with van der Waals surface area (Å²) in [4.78, 5) is 23.2. The van der Waals surface area contributed by atoms with Crippen LogP contribution in [0.15, 0.2) is 24.3 Å². The molecule has 0 aromatic heterocycles. The topological polar surface area (TPSA) is 73.9 Å². The lowest BCUT2D eigenvalue weighted by Crippen LogP contribution is -2.35. The van der Waals surface area contributed by atoms with Gasteiger partial charge in [-0.25, -0.2) is 4.79 Å². The van der Waals surface area contributed by atoms with Crippen molar-refractivity contribution in [2.45, 2.75) is 26.6 Å². The summed E-state index contributed by atoms with van der Waals surface area (Å²) in [6.07, 6.45) is 1.29. The number of ether oxygens (including phenoxy) is 3. The third-order valence-corrected chi connectivity index (χ3v) is 2.85. The quantitative estimate of drug-likeness (QED) is 0.579. The molecule has 24 heavy (non-hydrogen) atoms. The van der Waals surface area contributed by atoms with Crippen LogP contribution in [0.25, 0.3) is 6.08 Å². The van der Waals surface area contributed by atoms with Gasteiger partial charge < -0.3 is 19.5 Å². The molecular weight excluding hydrogens is 324 g/mol. The van der Waals surface area contributed by atoms with E-state index < -0.39 is 24.6 Å². The Bertz CT molecular complexity index is 604. The number of likely N-dealkylation sites (N-methyl/N-ethyl adjacent to an activating group) is 1. The van der Waals surface area contributed by atoms with Gasteiger partial charge in [-0.15, -0.1) is 0 Å². The molecule has 1 atom stereocenters. The molecule has 6 nitrogen and oxygen atoms in total. The Morgan fingerprint density at radius 2 is 2.04 bits per heavy atom. The molecular formula is C16H19F2NO5. The van der Waals surface area contributed by atoms with Crippen LogP contribution in [0.2, 0.25) is 0 Å². The van der Waals surface area contributed by atoms with Crippen LogP contribution in [-0.4, -0.2) is 38.2 Å². The largest absolute Gasteiger partial charge is 0.493 e. The second kappa shape index (κ2) is 9.49. The molecule has 0 aliphatic heterocycles. The number of carbonyl (C=O) groups excluding carboxylic acids is 2. The van der Waals surface area contributed by atoms with Crippen LogP contribution in [0.5, 0.6) is 11.5 Å². The van der Waals surface area contributed by atoms with Crippen LogP contribution in [0.4, 0.5) is 8.78 Å².